The van der Waals surface area contributed by atoms with Gasteiger partial charge < -0.3 is 0 Å². The fraction of sp³-hybridized carbons (Fsp3) is 0.500. The molecule has 1 aromatic rings. The van der Waals surface area contributed by atoms with Gasteiger partial charge in [-0.1, -0.05) is 0 Å². The Kier molecular flexibility index (Phi) is 2.38. The van der Waals surface area contributed by atoms with E-state index in [0.717, 1.165) is 17.2 Å². The van der Waals surface area contributed by atoms with Crippen molar-refractivity contribution in [1.29, 1.82) is 0 Å². The molecule has 5 heteroatoms. The summed E-state index contributed by atoms with van der Waals surface area (Å²) in [6.07, 6.45) is 3.57. The molecule has 1 fully saturated rings. The van der Waals surface area contributed by atoms with Gasteiger partial charge in [0.05, 0.1) is 0 Å². The summed E-state index contributed by atoms with van der Waals surface area (Å²) in [4.78, 5) is 1.13. The SMILES string of the molecule is O=S(=O)(Cl)c1ccc(CC2CC2)s1. The van der Waals surface area contributed by atoms with Crippen molar-refractivity contribution >= 4 is 31.1 Å². The van der Waals surface area contributed by atoms with Gasteiger partial charge in [-0.2, -0.15) is 0 Å². The van der Waals surface area contributed by atoms with Crippen molar-refractivity contribution in [3.8, 4) is 0 Å². The van der Waals surface area contributed by atoms with Crippen LogP contribution in [-0.2, 0) is 15.5 Å². The van der Waals surface area contributed by atoms with Gasteiger partial charge >= 0.3 is 0 Å². The summed E-state index contributed by atoms with van der Waals surface area (Å²) in [5, 5.41) is 0. The third kappa shape index (κ3) is 2.45. The van der Waals surface area contributed by atoms with Crippen molar-refractivity contribution < 1.29 is 8.42 Å². The van der Waals surface area contributed by atoms with Crippen LogP contribution in [0.1, 0.15) is 17.7 Å². The first-order valence-corrected chi connectivity index (χ1v) is 7.21. The highest BCUT2D eigenvalue weighted by Crippen LogP contribution is 2.35. The predicted octanol–water partition coefficient (Wildman–Crippen LogP) is 2.63. The van der Waals surface area contributed by atoms with Crippen LogP contribution in [-0.4, -0.2) is 8.42 Å². The second-order valence-electron chi connectivity index (χ2n) is 3.31. The lowest BCUT2D eigenvalue weighted by Crippen LogP contribution is -1.83. The Hall–Kier alpha value is -0.0600. The highest BCUT2D eigenvalue weighted by atomic mass is 35.7. The molecule has 0 unspecified atom stereocenters. The molecule has 72 valence electrons. The number of hydrogen-bond acceptors (Lipinski definition) is 3. The summed E-state index contributed by atoms with van der Waals surface area (Å²) >= 11 is 1.29. The lowest BCUT2D eigenvalue weighted by molar-refractivity contribution is 0.611. The Morgan fingerprint density at radius 2 is 2.15 bits per heavy atom. The fourth-order valence-corrected chi connectivity index (χ4v) is 3.44. The molecule has 13 heavy (non-hydrogen) atoms. The van der Waals surface area contributed by atoms with Crippen molar-refractivity contribution in [2.75, 3.05) is 0 Å². The zero-order valence-electron chi connectivity index (χ0n) is 6.86. The van der Waals surface area contributed by atoms with Crippen LogP contribution in [0.25, 0.3) is 0 Å². The Bertz CT molecular complexity index is 404. The Labute approximate surface area is 86.0 Å². The maximum atomic E-state index is 10.9. The highest BCUT2D eigenvalue weighted by Gasteiger charge is 2.23. The van der Waals surface area contributed by atoms with Crippen LogP contribution in [0.5, 0.6) is 0 Å². The largest absolute Gasteiger partial charge is 0.270 e. The van der Waals surface area contributed by atoms with Gasteiger partial charge in [-0.15, -0.1) is 11.3 Å². The molecule has 1 aromatic heterocycles. The van der Waals surface area contributed by atoms with Gasteiger partial charge in [0.25, 0.3) is 9.05 Å². The van der Waals surface area contributed by atoms with Gasteiger partial charge in [-0.3, -0.25) is 0 Å². The summed E-state index contributed by atoms with van der Waals surface area (Å²) in [5.74, 6) is 0.782. The maximum absolute atomic E-state index is 10.9. The third-order valence-electron chi connectivity index (χ3n) is 2.06. The van der Waals surface area contributed by atoms with E-state index in [9.17, 15) is 8.42 Å². The molecule has 0 aromatic carbocycles. The molecule has 0 atom stereocenters. The van der Waals surface area contributed by atoms with E-state index in [1.54, 1.807) is 6.07 Å². The van der Waals surface area contributed by atoms with E-state index < -0.39 is 9.05 Å². The molecular weight excluding hydrogens is 228 g/mol. The van der Waals surface area contributed by atoms with Gasteiger partial charge in [-0.05, 0) is 37.3 Å². The molecule has 1 saturated carbocycles. The number of hydrogen-bond donors (Lipinski definition) is 0. The molecule has 0 saturated heterocycles. The molecule has 2 nitrogen and oxygen atoms in total. The van der Waals surface area contributed by atoms with Crippen LogP contribution in [0.2, 0.25) is 0 Å². The van der Waals surface area contributed by atoms with Crippen molar-refractivity contribution in [1.82, 2.24) is 0 Å². The average Bonchev–Trinajstić information content (AvgIpc) is 2.63. The summed E-state index contributed by atoms with van der Waals surface area (Å²) in [7, 11) is 1.70. The summed E-state index contributed by atoms with van der Waals surface area (Å²) in [6.45, 7) is 0. The van der Waals surface area contributed by atoms with E-state index in [1.165, 1.54) is 24.2 Å². The molecule has 0 spiro atoms. The molecule has 1 aliphatic rings. The zero-order valence-corrected chi connectivity index (χ0v) is 9.25. The molecule has 0 aliphatic heterocycles. The second kappa shape index (κ2) is 3.26. The Balaban J connectivity index is 2.17. The van der Waals surface area contributed by atoms with Gasteiger partial charge in [0.15, 0.2) is 0 Å². The lowest BCUT2D eigenvalue weighted by atomic mass is 10.2. The Morgan fingerprint density at radius 3 is 2.62 bits per heavy atom. The fourth-order valence-electron chi connectivity index (χ4n) is 1.21. The molecule has 0 amide bonds. The van der Waals surface area contributed by atoms with Gasteiger partial charge in [-0.25, -0.2) is 8.42 Å². The maximum Gasteiger partial charge on any atom is 0.270 e. The smallest absolute Gasteiger partial charge is 0.206 e. The molecular formula is C8H9ClO2S2. The van der Waals surface area contributed by atoms with Crippen molar-refractivity contribution in [2.45, 2.75) is 23.5 Å². The molecule has 0 N–H and O–H groups in total. The second-order valence-corrected chi connectivity index (χ2v) is 7.27. The molecule has 2 rings (SSSR count). The van der Waals surface area contributed by atoms with Crippen molar-refractivity contribution in [3.63, 3.8) is 0 Å². The minimum Gasteiger partial charge on any atom is -0.206 e. The van der Waals surface area contributed by atoms with Crippen LogP contribution in [0.3, 0.4) is 0 Å². The van der Waals surface area contributed by atoms with Gasteiger partial charge in [0.2, 0.25) is 0 Å². The monoisotopic (exact) mass is 236 g/mol. The standard InChI is InChI=1S/C8H9ClO2S2/c9-13(10,11)8-4-3-7(12-8)5-6-1-2-6/h3-4,6H,1-2,5H2. The van der Waals surface area contributed by atoms with Crippen molar-refractivity contribution in [2.24, 2.45) is 5.92 Å². The van der Waals surface area contributed by atoms with Crippen LogP contribution in [0.4, 0.5) is 0 Å². The van der Waals surface area contributed by atoms with E-state index in [-0.39, 0.29) is 4.21 Å². The molecule has 1 heterocycles. The van der Waals surface area contributed by atoms with Gasteiger partial charge in [0, 0.05) is 15.6 Å². The van der Waals surface area contributed by atoms with Crippen molar-refractivity contribution in [3.05, 3.63) is 17.0 Å². The number of halogens is 1. The quantitative estimate of drug-likeness (QED) is 0.757. The molecule has 0 radical (unpaired) electrons. The lowest BCUT2D eigenvalue weighted by Gasteiger charge is -1.90. The minimum atomic E-state index is -3.51. The topological polar surface area (TPSA) is 34.1 Å². The molecule has 1 aliphatic carbocycles. The zero-order chi connectivity index (χ0) is 9.47. The summed E-state index contributed by atoms with van der Waals surface area (Å²) in [5.41, 5.74) is 0. The minimum absolute atomic E-state index is 0.268. The summed E-state index contributed by atoms with van der Waals surface area (Å²) < 4.78 is 22.1. The van der Waals surface area contributed by atoms with E-state index in [4.69, 9.17) is 10.7 Å². The first-order valence-electron chi connectivity index (χ1n) is 4.09. The number of rotatable bonds is 3. The Morgan fingerprint density at radius 1 is 1.46 bits per heavy atom. The summed E-state index contributed by atoms with van der Waals surface area (Å²) in [6, 6.07) is 3.45. The highest BCUT2D eigenvalue weighted by molar-refractivity contribution is 8.15. The van der Waals surface area contributed by atoms with E-state index >= 15 is 0 Å². The first kappa shape index (κ1) is 9.49. The average molecular weight is 237 g/mol. The predicted molar refractivity (Wildman–Crippen MR) is 53.8 cm³/mol. The molecule has 0 bridgehead atoms. The normalized spacial score (nSPS) is 17.6. The van der Waals surface area contributed by atoms with Crippen LogP contribution >= 0.6 is 22.0 Å². The van der Waals surface area contributed by atoms with Gasteiger partial charge in [0.1, 0.15) is 4.21 Å². The first-order chi connectivity index (χ1) is 6.05. The van der Waals surface area contributed by atoms with E-state index in [1.807, 2.05) is 6.07 Å². The number of thiophene rings is 1. The van der Waals surface area contributed by atoms with E-state index in [2.05, 4.69) is 0 Å². The van der Waals surface area contributed by atoms with E-state index in [0.29, 0.717) is 0 Å². The van der Waals surface area contributed by atoms with Crippen LogP contribution < -0.4 is 0 Å². The van der Waals surface area contributed by atoms with Crippen LogP contribution in [0.15, 0.2) is 16.3 Å². The third-order valence-corrected chi connectivity index (χ3v) is 5.26. The van der Waals surface area contributed by atoms with Crippen LogP contribution in [0, 0.1) is 5.92 Å².